The van der Waals surface area contributed by atoms with Gasteiger partial charge in [0.1, 0.15) is 0 Å². The van der Waals surface area contributed by atoms with Crippen LogP contribution >= 0.6 is 11.3 Å². The number of hydrogen-bond donors (Lipinski definition) is 3. The highest BCUT2D eigenvalue weighted by Crippen LogP contribution is 2.60. The number of thiophene rings is 1. The molecule has 0 amide bonds. The van der Waals surface area contributed by atoms with E-state index in [0.29, 0.717) is 16.6 Å². The van der Waals surface area contributed by atoms with Gasteiger partial charge in [-0.15, -0.1) is 11.3 Å². The van der Waals surface area contributed by atoms with Crippen LogP contribution in [-0.4, -0.2) is 33.5 Å². The van der Waals surface area contributed by atoms with Crippen molar-refractivity contribution in [3.8, 4) is 22.6 Å². The van der Waals surface area contributed by atoms with Crippen molar-refractivity contribution in [3.63, 3.8) is 0 Å². The fraction of sp³-hybridized carbons (Fsp3) is 0.619. The maximum atomic E-state index is 5.63. The molecule has 18 rings (SSSR count). The van der Waals surface area contributed by atoms with Crippen molar-refractivity contribution in [1.29, 1.82) is 0 Å². The molecule has 7 nitrogen and oxygen atoms in total. The Balaban J connectivity index is 0.000000104. The summed E-state index contributed by atoms with van der Waals surface area (Å²) in [4.78, 5) is 1.58. The van der Waals surface area contributed by atoms with Gasteiger partial charge in [-0.05, 0) is 191 Å². The molecule has 3 N–H and O–H groups in total. The Morgan fingerprint density at radius 3 is 1.46 bits per heavy atom. The highest BCUT2D eigenvalue weighted by molar-refractivity contribution is 7.10. The lowest BCUT2D eigenvalue weighted by Gasteiger charge is -2.49. The van der Waals surface area contributed by atoms with Crippen molar-refractivity contribution < 1.29 is 9.05 Å². The van der Waals surface area contributed by atoms with Crippen LogP contribution in [0.2, 0.25) is 0 Å². The normalized spacial score (nSPS) is 35.2. The maximum Gasteiger partial charge on any atom is 0.167 e. The first-order chi connectivity index (χ1) is 34.7. The molecule has 12 saturated carbocycles. The van der Waals surface area contributed by atoms with Crippen LogP contribution in [0.15, 0.2) is 86.7 Å². The van der Waals surface area contributed by atoms with Gasteiger partial charge in [-0.25, -0.2) is 0 Å². The van der Waals surface area contributed by atoms with Crippen molar-refractivity contribution >= 4 is 17.4 Å². The summed E-state index contributed by atoms with van der Waals surface area (Å²) in [5.74, 6) is 10.6. The van der Waals surface area contributed by atoms with Crippen LogP contribution in [0.25, 0.3) is 28.7 Å². The summed E-state index contributed by atoms with van der Waals surface area (Å²) in [5, 5.41) is 22.8. The zero-order valence-electron chi connectivity index (χ0n) is 43.0. The number of rotatable bonds is 13. The number of hydrogen-bond acceptors (Lipinski definition) is 8. The zero-order valence-corrected chi connectivity index (χ0v) is 43.8. The first-order valence-corrected chi connectivity index (χ1v) is 29.7. The predicted molar refractivity (Wildman–Crippen MR) is 288 cm³/mol. The summed E-state index contributed by atoms with van der Waals surface area (Å²) in [6.07, 6.45) is 33.5. The van der Waals surface area contributed by atoms with Gasteiger partial charge < -0.3 is 25.0 Å². The van der Waals surface area contributed by atoms with E-state index in [-0.39, 0.29) is 0 Å². The van der Waals surface area contributed by atoms with Crippen LogP contribution in [0, 0.1) is 53.3 Å². The lowest BCUT2D eigenvalue weighted by atomic mass is 9.63. The molecule has 0 saturated heterocycles. The molecular formula is C63H81N5O2S. The molecule has 6 unspecified atom stereocenters. The molecule has 0 aliphatic heterocycles. The number of aryl methyl sites for hydroxylation is 2. The van der Waals surface area contributed by atoms with Gasteiger partial charge in [0.15, 0.2) is 11.5 Å². The SMILES string of the molecule is C1=C(CNC23CC4CCC(CC(C4)C2)C3)Cc2sccc21.CCc1ccc(-c2cc(CNC34CC5CC(CC3C5)C4)no2)cc1.CCc1ccc(-c2cc(CNC34CC5CCC(CC(C5)C3)C4)no2)cc1. The highest BCUT2D eigenvalue weighted by atomic mass is 32.1. The first kappa shape index (κ1) is 46.9. The summed E-state index contributed by atoms with van der Waals surface area (Å²) in [6, 6.07) is 23.7. The smallest absolute Gasteiger partial charge is 0.167 e. The van der Waals surface area contributed by atoms with Gasteiger partial charge in [-0.2, -0.15) is 0 Å². The lowest BCUT2D eigenvalue weighted by Crippen LogP contribution is -2.54. The molecular weight excluding hydrogens is 891 g/mol. The van der Waals surface area contributed by atoms with Crippen molar-refractivity contribution in [1.82, 2.24) is 26.3 Å². The minimum Gasteiger partial charge on any atom is -0.356 e. The molecule has 71 heavy (non-hydrogen) atoms. The summed E-state index contributed by atoms with van der Waals surface area (Å²) < 4.78 is 11.2. The third kappa shape index (κ3) is 9.87. The molecule has 13 aliphatic rings. The molecule has 12 fully saturated rings. The van der Waals surface area contributed by atoms with Crippen molar-refractivity contribution in [2.24, 2.45) is 53.3 Å². The first-order valence-electron chi connectivity index (χ1n) is 28.8. The molecule has 3 aromatic heterocycles. The second-order valence-electron chi connectivity index (χ2n) is 25.6. The van der Waals surface area contributed by atoms with E-state index in [1.165, 1.54) is 132 Å². The highest BCUT2D eigenvalue weighted by Gasteiger charge is 2.57. The number of benzene rings is 2. The van der Waals surface area contributed by atoms with E-state index >= 15 is 0 Å². The van der Waals surface area contributed by atoms with E-state index in [9.17, 15) is 0 Å². The Hall–Kier alpha value is -3.82. The van der Waals surface area contributed by atoms with Crippen LogP contribution in [0.5, 0.6) is 0 Å². The number of nitrogens with one attached hydrogen (secondary N) is 3. The number of aromatic nitrogens is 2. The van der Waals surface area contributed by atoms with Crippen molar-refractivity contribution in [2.75, 3.05) is 6.54 Å². The summed E-state index contributed by atoms with van der Waals surface area (Å²) in [7, 11) is 0. The average Bonchev–Trinajstić information content (AvgIpc) is 4.23. The Kier molecular flexibility index (Phi) is 12.9. The summed E-state index contributed by atoms with van der Waals surface area (Å²) >= 11 is 1.92. The van der Waals surface area contributed by atoms with Gasteiger partial charge in [0, 0.05) is 70.8 Å². The van der Waals surface area contributed by atoms with Gasteiger partial charge in [0.05, 0.1) is 11.4 Å². The quantitative estimate of drug-likeness (QED) is 0.108. The molecule has 13 aliphatic carbocycles. The van der Waals surface area contributed by atoms with Gasteiger partial charge in [0.25, 0.3) is 0 Å². The predicted octanol–water partition coefficient (Wildman–Crippen LogP) is 14.6. The molecule has 3 heterocycles. The summed E-state index contributed by atoms with van der Waals surface area (Å²) in [6.45, 7) is 7.17. The van der Waals surface area contributed by atoms with Crippen molar-refractivity contribution in [2.45, 2.75) is 185 Å². The molecule has 6 atom stereocenters. The molecule has 12 bridgehead atoms. The lowest BCUT2D eigenvalue weighted by molar-refractivity contribution is 0.0714. The van der Waals surface area contributed by atoms with Crippen LogP contribution < -0.4 is 16.0 Å². The van der Waals surface area contributed by atoms with Gasteiger partial charge in [0.2, 0.25) is 0 Å². The maximum absolute atomic E-state index is 5.63. The van der Waals surface area contributed by atoms with E-state index < -0.39 is 0 Å². The molecule has 2 aromatic carbocycles. The van der Waals surface area contributed by atoms with Crippen LogP contribution in [0.1, 0.15) is 169 Å². The molecule has 0 spiro atoms. The van der Waals surface area contributed by atoms with E-state index in [1.54, 1.807) is 23.3 Å². The topological polar surface area (TPSA) is 88.2 Å². The van der Waals surface area contributed by atoms with E-state index in [2.05, 4.69) is 118 Å². The third-order valence-corrected chi connectivity index (χ3v) is 21.5. The molecule has 8 heteroatoms. The number of nitrogens with zero attached hydrogens (tertiary/aromatic N) is 2. The van der Waals surface area contributed by atoms with Crippen LogP contribution in [0.4, 0.5) is 0 Å². The van der Waals surface area contributed by atoms with E-state index in [4.69, 9.17) is 9.05 Å². The molecule has 0 radical (unpaired) electrons. The van der Waals surface area contributed by atoms with E-state index in [0.717, 1.165) is 120 Å². The van der Waals surface area contributed by atoms with Crippen LogP contribution in [-0.2, 0) is 32.4 Å². The van der Waals surface area contributed by atoms with Crippen LogP contribution in [0.3, 0.4) is 0 Å². The Bertz CT molecular complexity index is 2610. The average molecular weight is 972 g/mol. The fourth-order valence-corrected chi connectivity index (χ4v) is 18.7. The largest absolute Gasteiger partial charge is 0.356 e. The third-order valence-electron chi connectivity index (χ3n) is 20.6. The number of fused-ring (bicyclic) bond motifs is 3. The molecule has 5 aromatic rings. The Labute approximate surface area is 428 Å². The minimum absolute atomic E-state index is 0.370. The van der Waals surface area contributed by atoms with Gasteiger partial charge >= 0.3 is 0 Å². The standard InChI is InChI=1S/C23H30N2O.C21H26N2O.C19H25NS/c1-2-16-5-7-20(8-6-16)22-11-21(25-26-22)15-24-23-12-17-3-4-18(13-23)10-19(9-17)14-23;1-2-14-3-5-17(6-4-14)20-10-19(23-24-20)13-22-21-11-15-7-16(12-21)9-18(21)8-15;1-2-14-6-15-5-13(1)9-19(10-14,11-15)20-12-16-7-17-3-4-21-18(17)8-16/h5-8,11,17-19,24H,2-4,9-10,12-15H2,1H3;3-6,10,15-16,18,22H,2,7-9,11-13H2,1H3;3-4,7,13-15,20H,1-2,5-6,8-12H2. The van der Waals surface area contributed by atoms with Crippen molar-refractivity contribution in [3.05, 3.63) is 111 Å². The summed E-state index contributed by atoms with van der Waals surface area (Å²) in [5.41, 5.74) is 11.4. The Morgan fingerprint density at radius 1 is 0.521 bits per heavy atom. The second-order valence-corrected chi connectivity index (χ2v) is 26.6. The minimum atomic E-state index is 0.370. The zero-order chi connectivity index (χ0) is 47.6. The van der Waals surface area contributed by atoms with E-state index in [1.807, 2.05) is 11.3 Å². The van der Waals surface area contributed by atoms with Gasteiger partial charge in [-0.3, -0.25) is 0 Å². The molecule has 376 valence electrons. The van der Waals surface area contributed by atoms with Gasteiger partial charge in [-0.1, -0.05) is 110 Å². The fourth-order valence-electron chi connectivity index (χ4n) is 17.8. The second kappa shape index (κ2) is 19.5. The monoisotopic (exact) mass is 972 g/mol. The Morgan fingerprint density at radius 2 is 0.972 bits per heavy atom.